The minimum atomic E-state index is 0.567. The van der Waals surface area contributed by atoms with Crippen molar-refractivity contribution in [2.24, 2.45) is 0 Å². The molecule has 0 bridgehead atoms. The summed E-state index contributed by atoms with van der Waals surface area (Å²) in [6, 6.07) is 1.66. The van der Waals surface area contributed by atoms with Gasteiger partial charge in [0.05, 0.1) is 5.39 Å². The highest BCUT2D eigenvalue weighted by molar-refractivity contribution is 5.84. The third-order valence-corrected chi connectivity index (χ3v) is 1.82. The van der Waals surface area contributed by atoms with Crippen LogP contribution in [-0.2, 0) is 0 Å². The number of H-pyrrole nitrogens is 1. The van der Waals surface area contributed by atoms with Crippen molar-refractivity contribution in [3.63, 3.8) is 0 Å². The predicted octanol–water partition coefficient (Wildman–Crippen LogP) is 1.54. The van der Waals surface area contributed by atoms with E-state index in [0.717, 1.165) is 11.1 Å². The molecule has 4 heteroatoms. The average Bonchev–Trinajstić information content (AvgIpc) is 2.50. The second-order valence-electron chi connectivity index (χ2n) is 2.63. The molecule has 0 saturated carbocycles. The average molecular weight is 175 g/mol. The zero-order valence-electron chi connectivity index (χ0n) is 6.93. The fourth-order valence-corrected chi connectivity index (χ4v) is 1.25. The van der Waals surface area contributed by atoms with E-state index in [1.54, 1.807) is 12.3 Å². The van der Waals surface area contributed by atoms with E-state index in [9.17, 15) is 4.39 Å². The molecule has 0 saturated heterocycles. The monoisotopic (exact) mass is 175 g/mol. The fourth-order valence-electron chi connectivity index (χ4n) is 1.25. The number of pyridine rings is 1. The zero-order valence-corrected chi connectivity index (χ0v) is 6.93. The Bertz CT molecular complexity index is 504. The van der Waals surface area contributed by atoms with Crippen LogP contribution in [0.15, 0.2) is 12.3 Å². The van der Waals surface area contributed by atoms with Crippen LogP contribution < -0.4 is 0 Å². The lowest BCUT2D eigenvalue weighted by Gasteiger charge is -1.92. The summed E-state index contributed by atoms with van der Waals surface area (Å²) in [6.45, 7) is 1.85. The molecule has 0 aliphatic heterocycles. The van der Waals surface area contributed by atoms with E-state index in [1.807, 2.05) is 6.92 Å². The van der Waals surface area contributed by atoms with E-state index in [4.69, 9.17) is 0 Å². The summed E-state index contributed by atoms with van der Waals surface area (Å²) >= 11 is 0. The van der Waals surface area contributed by atoms with Crippen LogP contribution in [0.3, 0.4) is 0 Å². The number of fused-ring (bicyclic) bond motifs is 1. The molecule has 2 rings (SSSR count). The van der Waals surface area contributed by atoms with Gasteiger partial charge >= 0.3 is 0 Å². The van der Waals surface area contributed by atoms with Gasteiger partial charge in [-0.1, -0.05) is 0 Å². The number of rotatable bonds is 0. The summed E-state index contributed by atoms with van der Waals surface area (Å²) in [4.78, 5) is 4.01. The van der Waals surface area contributed by atoms with Crippen LogP contribution in [0.2, 0.25) is 0 Å². The summed E-state index contributed by atoms with van der Waals surface area (Å²) in [5.74, 6) is 2.36. The van der Waals surface area contributed by atoms with Crippen molar-refractivity contribution in [2.75, 3.05) is 0 Å². The molecule has 0 aromatic carbocycles. The SMILES string of the molecule is Cc1[nH]nc2nccc(C#CF)c12. The highest BCUT2D eigenvalue weighted by atomic mass is 19.1. The number of aryl methyl sites for hydroxylation is 1. The molecule has 3 nitrogen and oxygen atoms in total. The van der Waals surface area contributed by atoms with Crippen molar-refractivity contribution < 1.29 is 4.39 Å². The normalized spacial score (nSPS) is 9.69. The first-order chi connectivity index (χ1) is 6.33. The van der Waals surface area contributed by atoms with Gasteiger partial charge in [-0.05, 0) is 18.9 Å². The molecule has 0 unspecified atom stereocenters. The van der Waals surface area contributed by atoms with Crippen LogP contribution >= 0.6 is 0 Å². The first-order valence-corrected chi connectivity index (χ1v) is 3.74. The number of nitrogens with zero attached hydrogens (tertiary/aromatic N) is 2. The number of hydrogen-bond donors (Lipinski definition) is 1. The number of halogens is 1. The van der Waals surface area contributed by atoms with Crippen LogP contribution in [0.4, 0.5) is 4.39 Å². The van der Waals surface area contributed by atoms with Crippen LogP contribution in [0.25, 0.3) is 11.0 Å². The molecule has 2 aromatic heterocycles. The molecule has 0 amide bonds. The van der Waals surface area contributed by atoms with Gasteiger partial charge in [-0.15, -0.1) is 4.39 Å². The van der Waals surface area contributed by atoms with E-state index in [2.05, 4.69) is 21.1 Å². The lowest BCUT2D eigenvalue weighted by molar-refractivity contribution is 0.774. The smallest absolute Gasteiger partial charge is 0.182 e. The Kier molecular flexibility index (Phi) is 1.71. The molecule has 0 fully saturated rings. The molecule has 0 radical (unpaired) electrons. The lowest BCUT2D eigenvalue weighted by Crippen LogP contribution is -1.81. The van der Waals surface area contributed by atoms with Gasteiger partial charge in [0, 0.05) is 17.5 Å². The Labute approximate surface area is 74.0 Å². The summed E-state index contributed by atoms with van der Waals surface area (Å²) < 4.78 is 11.8. The molecule has 0 spiro atoms. The standard InChI is InChI=1S/C9H6FN3/c1-6-8-7(2-4-10)3-5-11-9(8)13-12-6/h3,5H,1H3,(H,11,12,13). The van der Waals surface area contributed by atoms with E-state index in [-0.39, 0.29) is 0 Å². The number of hydrogen-bond acceptors (Lipinski definition) is 2. The predicted molar refractivity (Wildman–Crippen MR) is 46.6 cm³/mol. The summed E-state index contributed by atoms with van der Waals surface area (Å²) in [6.07, 6.45) is 2.93. The molecule has 0 aliphatic rings. The quantitative estimate of drug-likeness (QED) is 0.617. The van der Waals surface area contributed by atoms with E-state index >= 15 is 0 Å². The summed E-state index contributed by atoms with van der Waals surface area (Å²) in [5, 5.41) is 7.49. The third kappa shape index (κ3) is 1.14. The van der Waals surface area contributed by atoms with Gasteiger partial charge in [0.25, 0.3) is 0 Å². The molecular formula is C9H6FN3. The Hall–Kier alpha value is -1.89. The minimum absolute atomic E-state index is 0.567. The molecular weight excluding hydrogens is 169 g/mol. The maximum Gasteiger partial charge on any atom is 0.182 e. The molecule has 1 N–H and O–H groups in total. The van der Waals surface area contributed by atoms with Gasteiger partial charge in [0.1, 0.15) is 6.17 Å². The van der Waals surface area contributed by atoms with Crippen LogP contribution in [0, 0.1) is 19.0 Å². The van der Waals surface area contributed by atoms with E-state index in [0.29, 0.717) is 11.2 Å². The number of nitrogens with one attached hydrogen (secondary N) is 1. The molecule has 2 aromatic rings. The Morgan fingerprint density at radius 2 is 2.38 bits per heavy atom. The highest BCUT2D eigenvalue weighted by Crippen LogP contribution is 2.16. The van der Waals surface area contributed by atoms with Crippen molar-refractivity contribution in [1.29, 1.82) is 0 Å². The van der Waals surface area contributed by atoms with Crippen molar-refractivity contribution in [1.82, 2.24) is 15.2 Å². The Morgan fingerprint density at radius 3 is 3.15 bits per heavy atom. The van der Waals surface area contributed by atoms with Gasteiger partial charge in [-0.3, -0.25) is 5.10 Å². The molecule has 0 aliphatic carbocycles. The fraction of sp³-hybridized carbons (Fsp3) is 0.111. The Morgan fingerprint density at radius 1 is 1.54 bits per heavy atom. The second-order valence-corrected chi connectivity index (χ2v) is 2.63. The lowest BCUT2D eigenvalue weighted by atomic mass is 10.1. The number of aromatic amines is 1. The third-order valence-electron chi connectivity index (χ3n) is 1.82. The molecule has 2 heterocycles. The minimum Gasteiger partial charge on any atom is -0.280 e. The maximum absolute atomic E-state index is 11.8. The number of aromatic nitrogens is 3. The van der Waals surface area contributed by atoms with Crippen molar-refractivity contribution >= 4 is 11.0 Å². The van der Waals surface area contributed by atoms with E-state index < -0.39 is 0 Å². The van der Waals surface area contributed by atoms with Gasteiger partial charge < -0.3 is 0 Å². The first kappa shape index (κ1) is 7.74. The summed E-state index contributed by atoms with van der Waals surface area (Å²) in [7, 11) is 0. The first-order valence-electron chi connectivity index (χ1n) is 3.74. The van der Waals surface area contributed by atoms with Crippen molar-refractivity contribution in [2.45, 2.75) is 6.92 Å². The molecule has 64 valence electrons. The highest BCUT2D eigenvalue weighted by Gasteiger charge is 2.05. The van der Waals surface area contributed by atoms with Crippen LogP contribution in [0.1, 0.15) is 11.3 Å². The van der Waals surface area contributed by atoms with Gasteiger partial charge in [-0.2, -0.15) is 5.10 Å². The van der Waals surface area contributed by atoms with E-state index in [1.165, 1.54) is 6.17 Å². The van der Waals surface area contributed by atoms with Gasteiger partial charge in [0.2, 0.25) is 0 Å². The van der Waals surface area contributed by atoms with Crippen molar-refractivity contribution in [3.8, 4) is 12.1 Å². The largest absolute Gasteiger partial charge is 0.280 e. The maximum atomic E-state index is 11.8. The van der Waals surface area contributed by atoms with Gasteiger partial charge in [0.15, 0.2) is 5.65 Å². The van der Waals surface area contributed by atoms with Crippen LogP contribution in [-0.4, -0.2) is 15.2 Å². The Balaban J connectivity index is 2.85. The van der Waals surface area contributed by atoms with Gasteiger partial charge in [-0.25, -0.2) is 4.98 Å². The molecule has 13 heavy (non-hydrogen) atoms. The summed E-state index contributed by atoms with van der Waals surface area (Å²) in [5.41, 5.74) is 2.03. The zero-order chi connectivity index (χ0) is 9.26. The topological polar surface area (TPSA) is 41.6 Å². The second kappa shape index (κ2) is 2.87. The molecule has 0 atom stereocenters. The van der Waals surface area contributed by atoms with Crippen LogP contribution in [0.5, 0.6) is 0 Å². The van der Waals surface area contributed by atoms with Crippen molar-refractivity contribution in [3.05, 3.63) is 23.5 Å².